The molecule has 2 unspecified atom stereocenters. The molecule has 0 aliphatic rings. The second-order valence-corrected chi connectivity index (χ2v) is 5.73. The normalized spacial score (nSPS) is 14.2. The van der Waals surface area contributed by atoms with E-state index >= 15 is 0 Å². The monoisotopic (exact) mass is 314 g/mol. The first-order valence-electron chi connectivity index (χ1n) is 6.49. The smallest absolute Gasteiger partial charge is 0.326 e. The third-order valence-corrected chi connectivity index (χ3v) is 2.63. The van der Waals surface area contributed by atoms with Gasteiger partial charge in [-0.1, -0.05) is 20.8 Å². The van der Waals surface area contributed by atoms with Crippen molar-refractivity contribution in [1.82, 2.24) is 10.6 Å². The summed E-state index contributed by atoms with van der Waals surface area (Å²) >= 11 is 0. The highest BCUT2D eigenvalue weighted by atomic mass is 16.4. The van der Waals surface area contributed by atoms with Crippen LogP contribution in [0.25, 0.3) is 0 Å². The van der Waals surface area contributed by atoms with E-state index in [1.165, 1.54) is 0 Å². The van der Waals surface area contributed by atoms with E-state index in [2.05, 4.69) is 10.6 Å². The summed E-state index contributed by atoms with van der Waals surface area (Å²) in [5.41, 5.74) is 9.70. The molecule has 0 spiro atoms. The first kappa shape index (κ1) is 19.6. The van der Waals surface area contributed by atoms with Crippen molar-refractivity contribution in [2.75, 3.05) is 6.54 Å². The molecule has 0 heterocycles. The predicted molar refractivity (Wildman–Crippen MR) is 78.3 cm³/mol. The van der Waals surface area contributed by atoms with Crippen LogP contribution >= 0.6 is 0 Å². The lowest BCUT2D eigenvalue weighted by molar-refractivity contribution is -0.145. The Labute approximate surface area is 128 Å². The number of amides is 3. The minimum Gasteiger partial charge on any atom is -0.480 e. The molecule has 0 aromatic heterocycles. The van der Waals surface area contributed by atoms with E-state index in [0.717, 1.165) is 12.2 Å². The van der Waals surface area contributed by atoms with Gasteiger partial charge in [0.15, 0.2) is 0 Å². The van der Waals surface area contributed by atoms with Crippen molar-refractivity contribution >= 4 is 23.7 Å². The SMILES string of the molecule is CC(C)(C)C(NC(=O)C(N)CNC(=O)C=CC(N)=O)C(=O)O. The minimum absolute atomic E-state index is 0.218. The zero-order valence-corrected chi connectivity index (χ0v) is 12.8. The van der Waals surface area contributed by atoms with Gasteiger partial charge in [0.2, 0.25) is 17.7 Å². The molecule has 0 fully saturated rings. The Kier molecular flexibility index (Phi) is 7.23. The molecule has 2 atom stereocenters. The van der Waals surface area contributed by atoms with E-state index in [1.807, 2.05) is 0 Å². The van der Waals surface area contributed by atoms with Gasteiger partial charge in [-0.25, -0.2) is 4.79 Å². The molecular weight excluding hydrogens is 292 g/mol. The molecule has 124 valence electrons. The van der Waals surface area contributed by atoms with Crippen LogP contribution in [0.2, 0.25) is 0 Å². The third-order valence-electron chi connectivity index (χ3n) is 2.63. The molecule has 7 N–H and O–H groups in total. The van der Waals surface area contributed by atoms with Crippen LogP contribution in [0.15, 0.2) is 12.2 Å². The lowest BCUT2D eigenvalue weighted by atomic mass is 9.86. The molecule has 3 amide bonds. The minimum atomic E-state index is -1.18. The number of carbonyl (C=O) groups is 4. The first-order valence-corrected chi connectivity index (χ1v) is 6.49. The van der Waals surface area contributed by atoms with E-state index in [4.69, 9.17) is 16.6 Å². The van der Waals surface area contributed by atoms with E-state index in [1.54, 1.807) is 20.8 Å². The van der Waals surface area contributed by atoms with Crippen LogP contribution in [0.5, 0.6) is 0 Å². The van der Waals surface area contributed by atoms with Crippen LogP contribution in [-0.4, -0.2) is 47.4 Å². The first-order chi connectivity index (χ1) is 9.95. The van der Waals surface area contributed by atoms with Crippen LogP contribution in [0.4, 0.5) is 0 Å². The van der Waals surface area contributed by atoms with Crippen LogP contribution in [-0.2, 0) is 19.2 Å². The Hall–Kier alpha value is -2.42. The van der Waals surface area contributed by atoms with Gasteiger partial charge in [0, 0.05) is 18.7 Å². The molecule has 0 radical (unpaired) electrons. The van der Waals surface area contributed by atoms with Gasteiger partial charge in [-0.05, 0) is 5.41 Å². The fraction of sp³-hybridized carbons (Fsp3) is 0.538. The molecule has 9 heteroatoms. The quantitative estimate of drug-likeness (QED) is 0.344. The zero-order valence-electron chi connectivity index (χ0n) is 12.8. The van der Waals surface area contributed by atoms with Crippen molar-refractivity contribution in [2.45, 2.75) is 32.9 Å². The number of carboxylic acids is 1. The maximum absolute atomic E-state index is 11.8. The molecule has 22 heavy (non-hydrogen) atoms. The molecular formula is C13H22N4O5. The third kappa shape index (κ3) is 7.39. The summed E-state index contributed by atoms with van der Waals surface area (Å²) in [4.78, 5) is 44.7. The summed E-state index contributed by atoms with van der Waals surface area (Å²) in [6.45, 7) is 4.76. The molecule has 9 nitrogen and oxygen atoms in total. The van der Waals surface area contributed by atoms with Crippen molar-refractivity contribution in [1.29, 1.82) is 0 Å². The Morgan fingerprint density at radius 2 is 1.73 bits per heavy atom. The van der Waals surface area contributed by atoms with Crippen LogP contribution in [0.3, 0.4) is 0 Å². The molecule has 0 saturated carbocycles. The van der Waals surface area contributed by atoms with Gasteiger partial charge >= 0.3 is 5.97 Å². The predicted octanol–water partition coefficient (Wildman–Crippen LogP) is -1.91. The molecule has 0 saturated heterocycles. The van der Waals surface area contributed by atoms with Crippen LogP contribution in [0, 0.1) is 5.41 Å². The zero-order chi connectivity index (χ0) is 17.5. The summed E-state index contributed by atoms with van der Waals surface area (Å²) < 4.78 is 0. The fourth-order valence-corrected chi connectivity index (χ4v) is 1.42. The van der Waals surface area contributed by atoms with Gasteiger partial charge in [0.1, 0.15) is 12.1 Å². The Balaban J connectivity index is 4.52. The van der Waals surface area contributed by atoms with E-state index < -0.39 is 41.2 Å². The second-order valence-electron chi connectivity index (χ2n) is 5.73. The van der Waals surface area contributed by atoms with Crippen molar-refractivity contribution in [3.05, 3.63) is 12.2 Å². The Bertz CT molecular complexity index is 481. The lowest BCUT2D eigenvalue weighted by Crippen LogP contribution is -2.56. The average Bonchev–Trinajstić information content (AvgIpc) is 2.37. The number of hydrogen-bond acceptors (Lipinski definition) is 5. The van der Waals surface area contributed by atoms with Crippen molar-refractivity contribution in [3.8, 4) is 0 Å². The Morgan fingerprint density at radius 1 is 1.18 bits per heavy atom. The summed E-state index contributed by atoms with van der Waals surface area (Å²) in [5.74, 6) is -3.32. The molecule has 0 aliphatic heterocycles. The summed E-state index contributed by atoms with van der Waals surface area (Å²) in [7, 11) is 0. The number of nitrogens with two attached hydrogens (primary N) is 2. The summed E-state index contributed by atoms with van der Waals surface area (Å²) in [5, 5.41) is 13.7. The van der Waals surface area contributed by atoms with Crippen LogP contribution in [0.1, 0.15) is 20.8 Å². The van der Waals surface area contributed by atoms with Gasteiger partial charge in [-0.2, -0.15) is 0 Å². The lowest BCUT2D eigenvalue weighted by Gasteiger charge is -2.28. The van der Waals surface area contributed by atoms with E-state index in [-0.39, 0.29) is 6.54 Å². The number of aliphatic carboxylic acids is 1. The van der Waals surface area contributed by atoms with Gasteiger partial charge < -0.3 is 27.2 Å². The number of rotatable bonds is 7. The van der Waals surface area contributed by atoms with E-state index in [9.17, 15) is 19.2 Å². The van der Waals surface area contributed by atoms with Gasteiger partial charge in [0.05, 0.1) is 0 Å². The number of primary amides is 1. The molecule has 0 aromatic carbocycles. The van der Waals surface area contributed by atoms with Crippen molar-refractivity contribution < 1.29 is 24.3 Å². The van der Waals surface area contributed by atoms with Gasteiger partial charge in [-0.15, -0.1) is 0 Å². The fourth-order valence-electron chi connectivity index (χ4n) is 1.42. The number of hydrogen-bond donors (Lipinski definition) is 5. The van der Waals surface area contributed by atoms with Crippen LogP contribution < -0.4 is 22.1 Å². The largest absolute Gasteiger partial charge is 0.480 e. The average molecular weight is 314 g/mol. The summed E-state index contributed by atoms with van der Waals surface area (Å²) in [6.07, 6.45) is 1.77. The second kappa shape index (κ2) is 8.13. The molecule has 0 aliphatic carbocycles. The topological polar surface area (TPSA) is 165 Å². The maximum Gasteiger partial charge on any atom is 0.326 e. The standard InChI is InChI=1S/C13H22N4O5/c1-13(2,3)10(12(21)22)17-11(20)7(14)6-16-9(19)5-4-8(15)18/h4-5,7,10H,6,14H2,1-3H3,(H2,15,18)(H,16,19)(H,17,20)(H,21,22). The Morgan fingerprint density at radius 3 is 2.14 bits per heavy atom. The number of nitrogens with one attached hydrogen (secondary N) is 2. The van der Waals surface area contributed by atoms with Crippen molar-refractivity contribution in [3.63, 3.8) is 0 Å². The maximum atomic E-state index is 11.8. The van der Waals surface area contributed by atoms with Crippen molar-refractivity contribution in [2.24, 2.45) is 16.9 Å². The molecule has 0 rings (SSSR count). The highest BCUT2D eigenvalue weighted by Crippen LogP contribution is 2.19. The summed E-state index contributed by atoms with van der Waals surface area (Å²) in [6, 6.07) is -2.24. The highest BCUT2D eigenvalue weighted by molar-refractivity contribution is 5.96. The highest BCUT2D eigenvalue weighted by Gasteiger charge is 2.33. The van der Waals surface area contributed by atoms with Gasteiger partial charge in [-0.3, -0.25) is 14.4 Å². The number of carboxylic acid groups (broad SMARTS) is 1. The molecule has 0 bridgehead atoms. The molecule has 0 aromatic rings. The van der Waals surface area contributed by atoms with Gasteiger partial charge in [0.25, 0.3) is 0 Å². The number of carbonyl (C=O) groups excluding carboxylic acids is 3. The van der Waals surface area contributed by atoms with E-state index in [0.29, 0.717) is 0 Å².